The van der Waals surface area contributed by atoms with Crippen molar-refractivity contribution in [2.75, 3.05) is 7.05 Å². The summed E-state index contributed by atoms with van der Waals surface area (Å²) in [6.45, 7) is 0. The number of hydrogen-bond donors (Lipinski definition) is 1. The Kier molecular flexibility index (Phi) is 6.00. The van der Waals surface area contributed by atoms with Crippen molar-refractivity contribution in [1.82, 2.24) is 5.32 Å². The van der Waals surface area contributed by atoms with E-state index in [9.17, 15) is 0 Å². The molecule has 1 aliphatic carbocycles. The molecular formula is C16H23Cl2N. The molecule has 0 bridgehead atoms. The summed E-state index contributed by atoms with van der Waals surface area (Å²) in [6, 6.07) is 6.35. The molecule has 0 spiro atoms. The van der Waals surface area contributed by atoms with Crippen molar-refractivity contribution in [2.45, 2.75) is 51.0 Å². The molecule has 1 N–H and O–H groups in total. The molecule has 1 aromatic carbocycles. The minimum absolute atomic E-state index is 0.386. The fourth-order valence-electron chi connectivity index (χ4n) is 3.08. The van der Waals surface area contributed by atoms with Crippen LogP contribution in [-0.4, -0.2) is 7.05 Å². The van der Waals surface area contributed by atoms with Gasteiger partial charge in [-0.25, -0.2) is 0 Å². The molecular weight excluding hydrogens is 277 g/mol. The van der Waals surface area contributed by atoms with Gasteiger partial charge in [0.05, 0.1) is 10.0 Å². The van der Waals surface area contributed by atoms with Gasteiger partial charge < -0.3 is 5.32 Å². The average molecular weight is 300 g/mol. The monoisotopic (exact) mass is 299 g/mol. The maximum atomic E-state index is 6.10. The van der Waals surface area contributed by atoms with Crippen molar-refractivity contribution in [1.29, 1.82) is 0 Å². The molecule has 0 radical (unpaired) electrons. The van der Waals surface area contributed by atoms with Gasteiger partial charge in [0.15, 0.2) is 0 Å². The van der Waals surface area contributed by atoms with E-state index in [1.807, 2.05) is 19.2 Å². The van der Waals surface area contributed by atoms with E-state index >= 15 is 0 Å². The zero-order valence-electron chi connectivity index (χ0n) is 11.6. The molecule has 19 heavy (non-hydrogen) atoms. The Bertz CT molecular complexity index is 400. The lowest BCUT2D eigenvalue weighted by molar-refractivity contribution is 0.317. The molecule has 0 aliphatic heterocycles. The highest BCUT2D eigenvalue weighted by Gasteiger charge is 2.17. The number of rotatable bonds is 5. The number of halogens is 2. The summed E-state index contributed by atoms with van der Waals surface area (Å²) < 4.78 is 0. The van der Waals surface area contributed by atoms with Crippen LogP contribution >= 0.6 is 23.2 Å². The van der Waals surface area contributed by atoms with Gasteiger partial charge in [0.2, 0.25) is 0 Å². The van der Waals surface area contributed by atoms with Crippen LogP contribution in [0.25, 0.3) is 0 Å². The van der Waals surface area contributed by atoms with Gasteiger partial charge in [0.25, 0.3) is 0 Å². The molecule has 0 amide bonds. The summed E-state index contributed by atoms with van der Waals surface area (Å²) in [5, 5.41) is 4.68. The standard InChI is InChI=1S/C16H23Cl2N/c1-19-16(10-7-12-5-3-2-4-6-12)13-8-9-14(17)15(18)11-13/h8-9,11-12,16,19H,2-7,10H2,1H3. The smallest absolute Gasteiger partial charge is 0.0595 e. The Morgan fingerprint density at radius 1 is 1.16 bits per heavy atom. The summed E-state index contributed by atoms with van der Waals surface area (Å²) in [7, 11) is 2.02. The second kappa shape index (κ2) is 7.52. The van der Waals surface area contributed by atoms with Crippen LogP contribution in [0.5, 0.6) is 0 Å². The lowest BCUT2D eigenvalue weighted by atomic mass is 9.84. The van der Waals surface area contributed by atoms with Crippen molar-refractivity contribution in [3.8, 4) is 0 Å². The summed E-state index contributed by atoms with van der Waals surface area (Å²) in [5.74, 6) is 0.923. The Morgan fingerprint density at radius 2 is 1.89 bits per heavy atom. The van der Waals surface area contributed by atoms with E-state index < -0.39 is 0 Å². The van der Waals surface area contributed by atoms with Crippen molar-refractivity contribution >= 4 is 23.2 Å². The third kappa shape index (κ3) is 4.37. The van der Waals surface area contributed by atoms with E-state index in [0.29, 0.717) is 16.1 Å². The van der Waals surface area contributed by atoms with Crippen LogP contribution in [0.2, 0.25) is 10.0 Å². The summed E-state index contributed by atoms with van der Waals surface area (Å²) in [6.07, 6.45) is 9.59. The van der Waals surface area contributed by atoms with E-state index in [2.05, 4.69) is 11.4 Å². The maximum absolute atomic E-state index is 6.10. The zero-order valence-corrected chi connectivity index (χ0v) is 13.1. The first kappa shape index (κ1) is 15.2. The molecule has 1 aromatic rings. The first-order valence-electron chi connectivity index (χ1n) is 7.33. The average Bonchev–Trinajstić information content (AvgIpc) is 2.44. The van der Waals surface area contributed by atoms with Gasteiger partial charge in [-0.3, -0.25) is 0 Å². The molecule has 0 aromatic heterocycles. The van der Waals surface area contributed by atoms with Crippen molar-refractivity contribution in [2.24, 2.45) is 5.92 Å². The number of benzene rings is 1. The van der Waals surface area contributed by atoms with Gasteiger partial charge in [-0.2, -0.15) is 0 Å². The van der Waals surface area contributed by atoms with Gasteiger partial charge in [-0.15, -0.1) is 0 Å². The topological polar surface area (TPSA) is 12.0 Å². The van der Waals surface area contributed by atoms with E-state index in [1.165, 1.54) is 50.5 Å². The normalized spacial score (nSPS) is 18.5. The molecule has 1 saturated carbocycles. The summed E-state index contributed by atoms with van der Waals surface area (Å²) in [5.41, 5.74) is 1.24. The van der Waals surface area contributed by atoms with Crippen LogP contribution in [0, 0.1) is 5.92 Å². The van der Waals surface area contributed by atoms with E-state index in [0.717, 1.165) is 5.92 Å². The predicted octanol–water partition coefficient (Wildman–Crippen LogP) is 5.61. The lowest BCUT2D eigenvalue weighted by Crippen LogP contribution is -2.18. The Morgan fingerprint density at radius 3 is 2.53 bits per heavy atom. The Hall–Kier alpha value is -0.240. The molecule has 106 valence electrons. The number of hydrogen-bond acceptors (Lipinski definition) is 1. The van der Waals surface area contributed by atoms with Crippen LogP contribution in [0.3, 0.4) is 0 Å². The SMILES string of the molecule is CNC(CCC1CCCCC1)c1ccc(Cl)c(Cl)c1. The second-order valence-corrected chi connectivity index (χ2v) is 6.41. The minimum Gasteiger partial charge on any atom is -0.313 e. The van der Waals surface area contributed by atoms with Crippen LogP contribution < -0.4 is 5.32 Å². The van der Waals surface area contributed by atoms with E-state index in [-0.39, 0.29) is 0 Å². The molecule has 1 aliphatic rings. The molecule has 1 fully saturated rings. The molecule has 0 saturated heterocycles. The molecule has 3 heteroatoms. The molecule has 2 rings (SSSR count). The fraction of sp³-hybridized carbons (Fsp3) is 0.625. The van der Waals surface area contributed by atoms with Gasteiger partial charge in [-0.1, -0.05) is 61.4 Å². The Labute approximate surface area is 126 Å². The third-order valence-corrected chi connectivity index (χ3v) is 5.02. The van der Waals surface area contributed by atoms with Crippen LogP contribution in [0.1, 0.15) is 56.6 Å². The molecule has 1 nitrogen and oxygen atoms in total. The first-order valence-corrected chi connectivity index (χ1v) is 8.08. The van der Waals surface area contributed by atoms with E-state index in [1.54, 1.807) is 0 Å². The quantitative estimate of drug-likeness (QED) is 0.744. The lowest BCUT2D eigenvalue weighted by Gasteiger charge is -2.24. The van der Waals surface area contributed by atoms with Gasteiger partial charge >= 0.3 is 0 Å². The van der Waals surface area contributed by atoms with Crippen LogP contribution in [-0.2, 0) is 0 Å². The van der Waals surface area contributed by atoms with Crippen LogP contribution in [0.4, 0.5) is 0 Å². The first-order chi connectivity index (χ1) is 9.20. The van der Waals surface area contributed by atoms with Crippen molar-refractivity contribution in [3.05, 3.63) is 33.8 Å². The van der Waals surface area contributed by atoms with Crippen molar-refractivity contribution < 1.29 is 0 Å². The highest BCUT2D eigenvalue weighted by atomic mass is 35.5. The highest BCUT2D eigenvalue weighted by molar-refractivity contribution is 6.42. The minimum atomic E-state index is 0.386. The zero-order chi connectivity index (χ0) is 13.7. The van der Waals surface area contributed by atoms with Crippen molar-refractivity contribution in [3.63, 3.8) is 0 Å². The highest BCUT2D eigenvalue weighted by Crippen LogP contribution is 2.32. The third-order valence-electron chi connectivity index (χ3n) is 4.28. The predicted molar refractivity (Wildman–Crippen MR) is 84.1 cm³/mol. The number of nitrogens with one attached hydrogen (secondary N) is 1. The fourth-order valence-corrected chi connectivity index (χ4v) is 3.39. The largest absolute Gasteiger partial charge is 0.313 e. The van der Waals surface area contributed by atoms with Gasteiger partial charge in [0.1, 0.15) is 0 Å². The molecule has 1 unspecified atom stereocenters. The second-order valence-electron chi connectivity index (χ2n) is 5.60. The van der Waals surface area contributed by atoms with Gasteiger partial charge in [-0.05, 0) is 43.5 Å². The molecule has 1 atom stereocenters. The maximum Gasteiger partial charge on any atom is 0.0595 e. The van der Waals surface area contributed by atoms with Crippen LogP contribution in [0.15, 0.2) is 18.2 Å². The van der Waals surface area contributed by atoms with Gasteiger partial charge in [0, 0.05) is 6.04 Å². The Balaban J connectivity index is 1.93. The summed E-state index contributed by atoms with van der Waals surface area (Å²) in [4.78, 5) is 0. The van der Waals surface area contributed by atoms with E-state index in [4.69, 9.17) is 23.2 Å². The summed E-state index contributed by atoms with van der Waals surface area (Å²) >= 11 is 12.1. The molecule has 0 heterocycles.